The van der Waals surface area contributed by atoms with Crippen molar-refractivity contribution in [3.8, 4) is 0 Å². The second kappa shape index (κ2) is 7.35. The Kier molecular flexibility index (Phi) is 6.03. The minimum Gasteiger partial charge on any atom is -0.306 e. The van der Waals surface area contributed by atoms with E-state index in [1.165, 1.54) is 11.3 Å². The highest BCUT2D eigenvalue weighted by molar-refractivity contribution is 7.20. The fraction of sp³-hybridized carbons (Fsp3) is 0.286. The van der Waals surface area contributed by atoms with Crippen LogP contribution in [0.1, 0.15) is 30.5 Å². The van der Waals surface area contributed by atoms with Crippen molar-refractivity contribution < 1.29 is 0 Å². The van der Waals surface area contributed by atoms with E-state index >= 15 is 0 Å². The molecule has 0 amide bonds. The molecule has 108 valence electrons. The molecule has 1 aromatic heterocycles. The van der Waals surface area contributed by atoms with Crippen molar-refractivity contribution in [1.29, 1.82) is 0 Å². The molecule has 20 heavy (non-hydrogen) atoms. The Labute approximate surface area is 142 Å². The topological polar surface area (TPSA) is 12.0 Å². The summed E-state index contributed by atoms with van der Waals surface area (Å²) in [4.78, 5) is 0. The summed E-state index contributed by atoms with van der Waals surface area (Å²) >= 11 is 25.8. The first kappa shape index (κ1) is 16.4. The minimum absolute atomic E-state index is 0.0408. The van der Waals surface area contributed by atoms with Gasteiger partial charge in [-0.3, -0.25) is 0 Å². The van der Waals surface area contributed by atoms with Gasteiger partial charge in [0.1, 0.15) is 0 Å². The van der Waals surface area contributed by atoms with E-state index in [0.717, 1.165) is 24.1 Å². The van der Waals surface area contributed by atoms with Gasteiger partial charge in [-0.2, -0.15) is 0 Å². The Hall–Kier alpha value is 0.0400. The summed E-state index contributed by atoms with van der Waals surface area (Å²) in [5, 5.41) is 4.54. The zero-order chi connectivity index (χ0) is 14.7. The molecule has 0 fully saturated rings. The molecule has 1 unspecified atom stereocenters. The van der Waals surface area contributed by atoms with Gasteiger partial charge in [0, 0.05) is 5.56 Å². The van der Waals surface area contributed by atoms with Crippen molar-refractivity contribution in [2.24, 2.45) is 0 Å². The lowest BCUT2D eigenvalue weighted by atomic mass is 10.0. The summed E-state index contributed by atoms with van der Waals surface area (Å²) in [6.07, 6.45) is 1.02. The molecule has 1 N–H and O–H groups in total. The van der Waals surface area contributed by atoms with E-state index in [4.69, 9.17) is 46.4 Å². The van der Waals surface area contributed by atoms with E-state index in [2.05, 4.69) is 12.2 Å². The predicted molar refractivity (Wildman–Crippen MR) is 90.9 cm³/mol. The Morgan fingerprint density at radius 3 is 2.40 bits per heavy atom. The molecule has 0 aliphatic heterocycles. The van der Waals surface area contributed by atoms with Crippen LogP contribution in [0.2, 0.25) is 18.7 Å². The maximum atomic E-state index is 6.27. The minimum atomic E-state index is -0.0408. The number of hydrogen-bond acceptors (Lipinski definition) is 2. The zero-order valence-corrected chi connectivity index (χ0v) is 14.6. The quantitative estimate of drug-likeness (QED) is 0.639. The van der Waals surface area contributed by atoms with Crippen molar-refractivity contribution in [1.82, 2.24) is 5.32 Å². The van der Waals surface area contributed by atoms with E-state index in [0.29, 0.717) is 18.7 Å². The van der Waals surface area contributed by atoms with Crippen LogP contribution < -0.4 is 5.32 Å². The highest BCUT2D eigenvalue weighted by Crippen LogP contribution is 2.38. The van der Waals surface area contributed by atoms with Gasteiger partial charge in [-0.05, 0) is 36.7 Å². The molecule has 2 rings (SSSR count). The molecule has 0 saturated carbocycles. The molecule has 1 atom stereocenters. The SMILES string of the molecule is CCCNC(c1ccc(Cl)c(Cl)c1)c1cc(Cl)sc1Cl. The molecule has 0 aliphatic rings. The van der Waals surface area contributed by atoms with E-state index in [9.17, 15) is 0 Å². The predicted octanol–water partition coefficient (Wildman–Crippen LogP) is 6.45. The molecule has 1 nitrogen and oxygen atoms in total. The molecule has 1 aromatic carbocycles. The van der Waals surface area contributed by atoms with Gasteiger partial charge in [-0.25, -0.2) is 0 Å². The lowest BCUT2D eigenvalue weighted by Gasteiger charge is -2.19. The van der Waals surface area contributed by atoms with Gasteiger partial charge in [-0.1, -0.05) is 59.4 Å². The maximum Gasteiger partial charge on any atom is 0.0995 e. The van der Waals surface area contributed by atoms with Gasteiger partial charge in [0.2, 0.25) is 0 Å². The van der Waals surface area contributed by atoms with Crippen LogP contribution in [0.4, 0.5) is 0 Å². The summed E-state index contributed by atoms with van der Waals surface area (Å²) in [5.74, 6) is 0. The van der Waals surface area contributed by atoms with Crippen LogP contribution in [0.5, 0.6) is 0 Å². The Balaban J connectivity index is 2.41. The van der Waals surface area contributed by atoms with Gasteiger partial charge in [-0.15, -0.1) is 11.3 Å². The molecule has 2 aromatic rings. The van der Waals surface area contributed by atoms with E-state index in [1.807, 2.05) is 18.2 Å². The normalized spacial score (nSPS) is 12.7. The third-order valence-electron chi connectivity index (χ3n) is 2.87. The van der Waals surface area contributed by atoms with Crippen LogP contribution in [0, 0.1) is 0 Å². The van der Waals surface area contributed by atoms with Crippen LogP contribution in [0.15, 0.2) is 24.3 Å². The average Bonchev–Trinajstić information content (AvgIpc) is 2.73. The highest BCUT2D eigenvalue weighted by Gasteiger charge is 2.19. The first-order valence-corrected chi connectivity index (χ1v) is 8.48. The summed E-state index contributed by atoms with van der Waals surface area (Å²) in [6, 6.07) is 7.45. The van der Waals surface area contributed by atoms with Gasteiger partial charge in [0.15, 0.2) is 0 Å². The second-order valence-electron chi connectivity index (χ2n) is 4.34. The molecule has 0 spiro atoms. The first-order valence-electron chi connectivity index (χ1n) is 6.16. The third-order valence-corrected chi connectivity index (χ3v) is 5.13. The van der Waals surface area contributed by atoms with Crippen molar-refractivity contribution in [2.45, 2.75) is 19.4 Å². The molecular weight excluding hydrogens is 356 g/mol. The summed E-state index contributed by atoms with van der Waals surface area (Å²) < 4.78 is 1.36. The fourth-order valence-corrected chi connectivity index (χ4v) is 3.78. The van der Waals surface area contributed by atoms with Crippen LogP contribution >= 0.6 is 57.7 Å². The third kappa shape index (κ3) is 3.82. The van der Waals surface area contributed by atoms with Crippen LogP contribution in [-0.4, -0.2) is 6.54 Å². The number of nitrogens with one attached hydrogen (secondary N) is 1. The van der Waals surface area contributed by atoms with Gasteiger partial charge < -0.3 is 5.32 Å². The van der Waals surface area contributed by atoms with E-state index in [-0.39, 0.29) is 6.04 Å². The molecule has 0 aliphatic carbocycles. The molecule has 1 heterocycles. The number of hydrogen-bond donors (Lipinski definition) is 1. The van der Waals surface area contributed by atoms with Crippen molar-refractivity contribution in [3.63, 3.8) is 0 Å². The number of rotatable bonds is 5. The molecule has 0 saturated heterocycles. The van der Waals surface area contributed by atoms with Crippen LogP contribution in [0.25, 0.3) is 0 Å². The van der Waals surface area contributed by atoms with E-state index < -0.39 is 0 Å². The standard InChI is InChI=1S/C14H13Cl4NS/c1-2-5-19-13(9-7-12(17)20-14(9)18)8-3-4-10(15)11(16)6-8/h3-4,6-7,13,19H,2,5H2,1H3. The summed E-state index contributed by atoms with van der Waals surface area (Å²) in [6.45, 7) is 2.98. The van der Waals surface area contributed by atoms with Crippen molar-refractivity contribution >= 4 is 57.7 Å². The fourth-order valence-electron chi connectivity index (χ4n) is 1.94. The smallest absolute Gasteiger partial charge is 0.0995 e. The monoisotopic (exact) mass is 367 g/mol. The van der Waals surface area contributed by atoms with Gasteiger partial charge in [0.25, 0.3) is 0 Å². The largest absolute Gasteiger partial charge is 0.306 e. The number of thiophene rings is 1. The summed E-state index contributed by atoms with van der Waals surface area (Å²) in [7, 11) is 0. The zero-order valence-electron chi connectivity index (χ0n) is 10.7. The molecule has 0 bridgehead atoms. The average molecular weight is 369 g/mol. The Morgan fingerprint density at radius 1 is 1.10 bits per heavy atom. The van der Waals surface area contributed by atoms with Gasteiger partial charge in [0.05, 0.1) is 24.8 Å². The highest BCUT2D eigenvalue weighted by atomic mass is 35.5. The van der Waals surface area contributed by atoms with Crippen LogP contribution in [0.3, 0.4) is 0 Å². The number of benzene rings is 1. The second-order valence-corrected chi connectivity index (χ2v) is 7.44. The lowest BCUT2D eigenvalue weighted by molar-refractivity contribution is 0.600. The maximum absolute atomic E-state index is 6.27. The molecular formula is C14H13Cl4NS. The Morgan fingerprint density at radius 2 is 1.85 bits per heavy atom. The van der Waals surface area contributed by atoms with Gasteiger partial charge >= 0.3 is 0 Å². The van der Waals surface area contributed by atoms with Crippen molar-refractivity contribution in [3.05, 3.63) is 54.1 Å². The Bertz CT molecular complexity index is 597. The first-order chi connectivity index (χ1) is 9.52. The molecule has 6 heteroatoms. The van der Waals surface area contributed by atoms with Crippen molar-refractivity contribution in [2.75, 3.05) is 6.54 Å². The van der Waals surface area contributed by atoms with E-state index in [1.54, 1.807) is 6.07 Å². The summed E-state index contributed by atoms with van der Waals surface area (Å²) in [5.41, 5.74) is 1.98. The lowest BCUT2D eigenvalue weighted by Crippen LogP contribution is -2.23. The molecule has 0 radical (unpaired) electrons. The van der Waals surface area contributed by atoms with Crippen LogP contribution in [-0.2, 0) is 0 Å². The number of halogens is 4.